The Morgan fingerprint density at radius 3 is 2.67 bits per heavy atom. The van der Waals surface area contributed by atoms with Crippen molar-refractivity contribution in [2.75, 3.05) is 25.1 Å². The van der Waals surface area contributed by atoms with Gasteiger partial charge in [-0.05, 0) is 32.4 Å². The highest BCUT2D eigenvalue weighted by atomic mass is 32.2. The van der Waals surface area contributed by atoms with Gasteiger partial charge in [0.2, 0.25) is 5.60 Å². The number of likely N-dealkylation sites (N-methyl/N-ethyl adjacent to an activating group) is 1. The number of rotatable bonds is 10. The number of carbonyl (C=O) groups is 4. The molecular formula is C24H28N6O8S2. The van der Waals surface area contributed by atoms with Crippen LogP contribution in [0.1, 0.15) is 26.5 Å². The fraction of sp³-hybridized carbons (Fsp3) is 0.417. The van der Waals surface area contributed by atoms with Gasteiger partial charge in [-0.25, -0.2) is 14.6 Å². The first-order valence-electron chi connectivity index (χ1n) is 12.0. The highest BCUT2D eigenvalue weighted by molar-refractivity contribution is 8.03. The average Bonchev–Trinajstić information content (AvgIpc) is 3.32. The van der Waals surface area contributed by atoms with Gasteiger partial charge in [-0.2, -0.15) is 0 Å². The molecule has 3 aliphatic heterocycles. The van der Waals surface area contributed by atoms with E-state index >= 15 is 0 Å². The molecule has 0 spiro atoms. The van der Waals surface area contributed by atoms with Crippen LogP contribution in [0.2, 0.25) is 0 Å². The maximum absolute atomic E-state index is 13.2. The van der Waals surface area contributed by atoms with E-state index in [0.29, 0.717) is 5.57 Å². The number of fused-ring (bicyclic) bond motifs is 1. The number of carboxylic acids is 2. The molecule has 0 bridgehead atoms. The third kappa shape index (κ3) is 5.83. The van der Waals surface area contributed by atoms with Gasteiger partial charge in [-0.15, -0.1) is 23.1 Å². The van der Waals surface area contributed by atoms with Crippen LogP contribution >= 0.6 is 23.1 Å². The van der Waals surface area contributed by atoms with Crippen molar-refractivity contribution >= 4 is 57.7 Å². The van der Waals surface area contributed by atoms with Crippen molar-refractivity contribution in [1.82, 2.24) is 20.1 Å². The number of thioether (sulfide) groups is 1. The summed E-state index contributed by atoms with van der Waals surface area (Å²) >= 11 is 2.45. The molecule has 1 aromatic rings. The Kier molecular flexibility index (Phi) is 8.23. The highest BCUT2D eigenvalue weighted by Crippen LogP contribution is 2.38. The van der Waals surface area contributed by atoms with Crippen molar-refractivity contribution < 1.29 is 39.0 Å². The maximum Gasteiger partial charge on any atom is 0.352 e. The van der Waals surface area contributed by atoms with Crippen LogP contribution < -0.4 is 11.1 Å². The van der Waals surface area contributed by atoms with E-state index in [4.69, 9.17) is 15.3 Å². The Hall–Kier alpha value is -3.89. The molecule has 40 heavy (non-hydrogen) atoms. The molecule has 16 heteroatoms. The van der Waals surface area contributed by atoms with Gasteiger partial charge in [0, 0.05) is 35.8 Å². The van der Waals surface area contributed by atoms with Crippen LogP contribution in [0.4, 0.5) is 5.13 Å². The van der Waals surface area contributed by atoms with Crippen LogP contribution in [-0.4, -0.2) is 97.8 Å². The van der Waals surface area contributed by atoms with Crippen LogP contribution in [0, 0.1) is 0 Å². The van der Waals surface area contributed by atoms with Gasteiger partial charge < -0.3 is 35.7 Å². The molecule has 1 aromatic heterocycles. The second kappa shape index (κ2) is 11.3. The lowest BCUT2D eigenvalue weighted by molar-refractivity contribution is -0.192. The number of aromatic nitrogens is 1. The number of nitrogens with one attached hydrogen (secondary N) is 1. The summed E-state index contributed by atoms with van der Waals surface area (Å²) in [6, 6.07) is -1.23. The average molecular weight is 593 g/mol. The van der Waals surface area contributed by atoms with Gasteiger partial charge >= 0.3 is 11.9 Å². The van der Waals surface area contributed by atoms with Crippen LogP contribution in [0.25, 0.3) is 0 Å². The monoisotopic (exact) mass is 592 g/mol. The van der Waals surface area contributed by atoms with Gasteiger partial charge in [0.25, 0.3) is 11.8 Å². The number of thiazole rings is 1. The van der Waals surface area contributed by atoms with E-state index in [0.717, 1.165) is 27.7 Å². The van der Waals surface area contributed by atoms with E-state index in [2.05, 4.69) is 15.5 Å². The summed E-state index contributed by atoms with van der Waals surface area (Å²) in [6.07, 6.45) is 4.12. The first-order chi connectivity index (χ1) is 18.8. The van der Waals surface area contributed by atoms with Crippen molar-refractivity contribution in [3.63, 3.8) is 0 Å². The minimum absolute atomic E-state index is 0.00504. The topological polar surface area (TPSA) is 197 Å². The molecule has 0 aliphatic carbocycles. The molecule has 1 fully saturated rings. The lowest BCUT2D eigenvalue weighted by Crippen LogP contribution is -2.74. The number of hydrogen-bond acceptors (Lipinski definition) is 12. The number of hydrogen-bond donors (Lipinski definition) is 4. The van der Waals surface area contributed by atoms with Crippen molar-refractivity contribution in [3.8, 4) is 0 Å². The van der Waals surface area contributed by atoms with Crippen molar-refractivity contribution in [3.05, 3.63) is 45.6 Å². The van der Waals surface area contributed by atoms with Crippen molar-refractivity contribution in [2.24, 2.45) is 5.16 Å². The smallest absolute Gasteiger partial charge is 0.352 e. The van der Waals surface area contributed by atoms with Gasteiger partial charge in [0.05, 0.1) is 6.10 Å². The Morgan fingerprint density at radius 2 is 2.10 bits per heavy atom. The van der Waals surface area contributed by atoms with Crippen LogP contribution in [0.5, 0.6) is 0 Å². The number of nitrogens with zero attached hydrogens (tertiary/aromatic N) is 4. The fourth-order valence-corrected chi connectivity index (χ4v) is 5.47. The van der Waals surface area contributed by atoms with Gasteiger partial charge in [-0.1, -0.05) is 11.2 Å². The summed E-state index contributed by atoms with van der Waals surface area (Å²) in [6.45, 7) is 4.89. The molecule has 4 rings (SSSR count). The largest absolute Gasteiger partial charge is 0.478 e. The second-order valence-corrected chi connectivity index (χ2v) is 11.5. The molecule has 3 atom stereocenters. The molecule has 214 valence electrons. The predicted molar refractivity (Wildman–Crippen MR) is 146 cm³/mol. The fourth-order valence-electron chi connectivity index (χ4n) is 3.88. The molecule has 1 saturated heterocycles. The Labute approximate surface area is 237 Å². The van der Waals surface area contributed by atoms with Crippen LogP contribution in [0.3, 0.4) is 0 Å². The minimum Gasteiger partial charge on any atom is -0.478 e. The first kappa shape index (κ1) is 29.1. The molecule has 0 radical (unpaired) electrons. The summed E-state index contributed by atoms with van der Waals surface area (Å²) in [4.78, 5) is 63.1. The summed E-state index contributed by atoms with van der Waals surface area (Å²) in [5, 5.41) is 27.0. The molecule has 0 saturated carbocycles. The molecule has 4 heterocycles. The summed E-state index contributed by atoms with van der Waals surface area (Å²) in [7, 11) is 1.94. The molecule has 2 amide bonds. The Morgan fingerprint density at radius 1 is 1.38 bits per heavy atom. The van der Waals surface area contributed by atoms with Crippen molar-refractivity contribution in [2.45, 2.75) is 44.7 Å². The molecule has 14 nitrogen and oxygen atoms in total. The van der Waals surface area contributed by atoms with E-state index in [-0.39, 0.29) is 22.3 Å². The van der Waals surface area contributed by atoms with E-state index in [9.17, 15) is 29.4 Å². The maximum atomic E-state index is 13.2. The SMILES string of the molecule is CC1OC2C(NC(=O)C(=NOC(C)(C)C(=O)O)c3csc(N)n3)C(=O)N2C(C(=O)O)=C1CSC1=CCN(C)C=C1. The molecular weight excluding hydrogens is 564 g/mol. The number of amides is 2. The second-order valence-electron chi connectivity index (χ2n) is 9.58. The number of ether oxygens (including phenoxy) is 1. The number of oxime groups is 1. The standard InChI is InChI=1S/C24H28N6O8S2/c1-11-13(9-39-12-5-7-29(4)8-6-12)17(21(33)34)30-19(32)16(20(30)37-11)27-18(31)15(14-10-40-23(25)26-14)28-38-24(2,3)22(35)36/h5-7,10-11,16,20H,8-9H2,1-4H3,(H2,25,26)(H,27,31)(H,33,34)(H,35,36). The molecule has 0 aromatic carbocycles. The molecule has 3 unspecified atom stereocenters. The predicted octanol–water partition coefficient (Wildman–Crippen LogP) is 0.796. The normalized spacial score (nSPS) is 22.9. The molecule has 5 N–H and O–H groups in total. The van der Waals surface area contributed by atoms with E-state index in [1.54, 1.807) is 6.92 Å². The zero-order valence-corrected chi connectivity index (χ0v) is 23.6. The van der Waals surface area contributed by atoms with Crippen LogP contribution in [0.15, 0.2) is 45.1 Å². The number of carbonyl (C=O) groups excluding carboxylic acids is 2. The Balaban J connectivity index is 1.53. The lowest BCUT2D eigenvalue weighted by Gasteiger charge is -2.51. The van der Waals surface area contributed by atoms with Crippen molar-refractivity contribution in [1.29, 1.82) is 0 Å². The third-order valence-corrected chi connectivity index (χ3v) is 8.00. The summed E-state index contributed by atoms with van der Waals surface area (Å²) in [5.74, 6) is -3.93. The quantitative estimate of drug-likeness (QED) is 0.170. The zero-order chi connectivity index (χ0) is 29.4. The number of anilines is 1. The van der Waals surface area contributed by atoms with Gasteiger partial charge in [0.15, 0.2) is 23.1 Å². The number of aliphatic carboxylic acids is 2. The number of allylic oxidation sites excluding steroid dienone is 1. The lowest BCUT2D eigenvalue weighted by atomic mass is 9.96. The van der Waals surface area contributed by atoms with E-state index in [1.807, 2.05) is 30.3 Å². The number of carboxylic acid groups (broad SMARTS) is 2. The van der Waals surface area contributed by atoms with E-state index < -0.39 is 53.4 Å². The van der Waals surface area contributed by atoms with Gasteiger partial charge in [-0.3, -0.25) is 14.5 Å². The zero-order valence-electron chi connectivity index (χ0n) is 22.0. The molecule has 3 aliphatic rings. The number of nitrogens with two attached hydrogens (primary N) is 1. The highest BCUT2D eigenvalue weighted by Gasteiger charge is 2.56. The van der Waals surface area contributed by atoms with E-state index in [1.165, 1.54) is 31.0 Å². The van der Waals surface area contributed by atoms with Crippen LogP contribution in [-0.2, 0) is 28.8 Å². The third-order valence-electron chi connectivity index (χ3n) is 6.24. The number of β-lactam (4-membered cyclic amide) rings is 1. The first-order valence-corrected chi connectivity index (χ1v) is 13.8. The number of nitrogen functional groups attached to an aromatic ring is 1. The van der Waals surface area contributed by atoms with Gasteiger partial charge in [0.1, 0.15) is 11.4 Å². The minimum atomic E-state index is -1.77. The summed E-state index contributed by atoms with van der Waals surface area (Å²) < 4.78 is 5.98. The summed E-state index contributed by atoms with van der Waals surface area (Å²) in [5.41, 5.74) is 3.75. The Bertz CT molecular complexity index is 1370.